The molecule has 2 amide bonds. The summed E-state index contributed by atoms with van der Waals surface area (Å²) in [7, 11) is 0. The Morgan fingerprint density at radius 3 is 2.58 bits per heavy atom. The fraction of sp³-hybridized carbons (Fsp3) is 0.846. The van der Waals surface area contributed by atoms with Crippen LogP contribution in [-0.4, -0.2) is 64.1 Å². The number of urea groups is 1. The van der Waals surface area contributed by atoms with Gasteiger partial charge in [0, 0.05) is 37.2 Å². The van der Waals surface area contributed by atoms with Crippen molar-refractivity contribution in [3.05, 3.63) is 0 Å². The number of carboxylic acid groups (broad SMARTS) is 1. The maximum atomic E-state index is 12.4. The van der Waals surface area contributed by atoms with Gasteiger partial charge in [-0.3, -0.25) is 4.79 Å². The number of carbonyl (C=O) groups excluding carboxylic acids is 1. The van der Waals surface area contributed by atoms with Crippen molar-refractivity contribution in [3.63, 3.8) is 0 Å². The predicted molar refractivity (Wildman–Crippen MR) is 75.4 cm³/mol. The smallest absolute Gasteiger partial charge is 0.320 e. The van der Waals surface area contributed by atoms with Crippen molar-refractivity contribution in [3.8, 4) is 0 Å². The lowest BCUT2D eigenvalue weighted by molar-refractivity contribution is -0.142. The van der Waals surface area contributed by atoms with Gasteiger partial charge in [-0.25, -0.2) is 4.79 Å². The highest BCUT2D eigenvalue weighted by Crippen LogP contribution is 2.26. The highest BCUT2D eigenvalue weighted by atomic mass is 32.2. The van der Waals surface area contributed by atoms with Gasteiger partial charge in [0.2, 0.25) is 0 Å². The Balaban J connectivity index is 1.95. The first-order chi connectivity index (χ1) is 9.02. The van der Waals surface area contributed by atoms with E-state index in [2.05, 4.69) is 6.92 Å². The topological polar surface area (TPSA) is 60.9 Å². The summed E-state index contributed by atoms with van der Waals surface area (Å²) < 4.78 is 0. The zero-order chi connectivity index (χ0) is 14.0. The van der Waals surface area contributed by atoms with E-state index in [1.54, 1.807) is 4.90 Å². The normalized spacial score (nSPS) is 31.6. The van der Waals surface area contributed by atoms with Crippen LogP contribution in [-0.2, 0) is 4.79 Å². The average molecular weight is 286 g/mol. The van der Waals surface area contributed by atoms with Crippen molar-refractivity contribution in [2.45, 2.75) is 25.5 Å². The second-order valence-corrected chi connectivity index (χ2v) is 6.86. The lowest BCUT2D eigenvalue weighted by Crippen LogP contribution is -2.48. The van der Waals surface area contributed by atoms with E-state index in [0.29, 0.717) is 18.3 Å². The van der Waals surface area contributed by atoms with Gasteiger partial charge in [-0.1, -0.05) is 13.8 Å². The van der Waals surface area contributed by atoms with Crippen molar-refractivity contribution < 1.29 is 14.7 Å². The summed E-state index contributed by atoms with van der Waals surface area (Å²) in [6.07, 6.45) is 1.07. The second kappa shape index (κ2) is 6.03. The fourth-order valence-electron chi connectivity index (χ4n) is 2.78. The van der Waals surface area contributed by atoms with Crippen LogP contribution >= 0.6 is 11.8 Å². The number of rotatable bonds is 2. The molecule has 0 radical (unpaired) electrons. The minimum Gasteiger partial charge on any atom is -0.481 e. The summed E-state index contributed by atoms with van der Waals surface area (Å²) in [6, 6.07) is 0.0225. The van der Waals surface area contributed by atoms with Crippen LogP contribution in [0.15, 0.2) is 0 Å². The molecule has 2 aliphatic heterocycles. The van der Waals surface area contributed by atoms with Gasteiger partial charge in [0.25, 0.3) is 0 Å². The van der Waals surface area contributed by atoms with Crippen molar-refractivity contribution in [1.29, 1.82) is 0 Å². The number of hydrogen-bond donors (Lipinski definition) is 1. The zero-order valence-corrected chi connectivity index (χ0v) is 12.4. The van der Waals surface area contributed by atoms with E-state index >= 15 is 0 Å². The Bertz CT molecular complexity index is 364. The molecule has 0 bridgehead atoms. The van der Waals surface area contributed by atoms with Crippen LogP contribution in [0.1, 0.15) is 20.3 Å². The molecule has 1 N–H and O–H groups in total. The quantitative estimate of drug-likeness (QED) is 0.837. The molecule has 2 heterocycles. The SMILES string of the molecule is CCC1CN(C(=O)N2CC(C)C(C(=O)O)C2)CCS1. The van der Waals surface area contributed by atoms with Crippen LogP contribution in [0.2, 0.25) is 0 Å². The molecule has 6 heteroatoms. The summed E-state index contributed by atoms with van der Waals surface area (Å²) in [4.78, 5) is 27.1. The van der Waals surface area contributed by atoms with Crippen LogP contribution in [0.3, 0.4) is 0 Å². The Kier molecular flexibility index (Phi) is 4.60. The van der Waals surface area contributed by atoms with E-state index in [-0.39, 0.29) is 11.9 Å². The van der Waals surface area contributed by atoms with Gasteiger partial charge in [-0.2, -0.15) is 11.8 Å². The van der Waals surface area contributed by atoms with E-state index in [0.717, 1.165) is 25.3 Å². The van der Waals surface area contributed by atoms with E-state index in [9.17, 15) is 9.59 Å². The molecule has 0 spiro atoms. The van der Waals surface area contributed by atoms with Crippen LogP contribution in [0, 0.1) is 11.8 Å². The lowest BCUT2D eigenvalue weighted by Gasteiger charge is -2.34. The van der Waals surface area contributed by atoms with Crippen LogP contribution in [0.25, 0.3) is 0 Å². The van der Waals surface area contributed by atoms with Crippen molar-refractivity contribution in [2.75, 3.05) is 31.9 Å². The number of hydrogen-bond acceptors (Lipinski definition) is 3. The van der Waals surface area contributed by atoms with Gasteiger partial charge < -0.3 is 14.9 Å². The molecular weight excluding hydrogens is 264 g/mol. The molecule has 19 heavy (non-hydrogen) atoms. The Labute approximate surface area is 118 Å². The van der Waals surface area contributed by atoms with Gasteiger partial charge in [-0.15, -0.1) is 0 Å². The first-order valence-corrected chi connectivity index (χ1v) is 7.96. The molecular formula is C13H22N2O3S. The lowest BCUT2D eigenvalue weighted by atomic mass is 9.99. The Hall–Kier alpha value is -0.910. The number of amides is 2. The second-order valence-electron chi connectivity index (χ2n) is 5.46. The largest absolute Gasteiger partial charge is 0.481 e. The first kappa shape index (κ1) is 14.5. The molecule has 0 aromatic heterocycles. The zero-order valence-electron chi connectivity index (χ0n) is 11.5. The number of aliphatic carboxylic acids is 1. The minimum absolute atomic E-state index is 0.0225. The molecule has 2 aliphatic rings. The number of thioether (sulfide) groups is 1. The van der Waals surface area contributed by atoms with E-state index in [1.165, 1.54) is 0 Å². The van der Waals surface area contributed by atoms with Crippen LogP contribution in [0.4, 0.5) is 4.79 Å². The molecule has 108 valence electrons. The van der Waals surface area contributed by atoms with Crippen molar-refractivity contribution in [2.24, 2.45) is 11.8 Å². The molecule has 0 aliphatic carbocycles. The van der Waals surface area contributed by atoms with Crippen LogP contribution < -0.4 is 0 Å². The van der Waals surface area contributed by atoms with E-state index < -0.39 is 11.9 Å². The standard InChI is InChI=1S/C13H22N2O3S/c1-3-10-7-14(4-5-19-10)13(18)15-6-9(2)11(8-15)12(16)17/h9-11H,3-8H2,1-2H3,(H,16,17). The molecule has 3 atom stereocenters. The summed E-state index contributed by atoms with van der Waals surface area (Å²) in [5.74, 6) is -0.174. The molecule has 2 saturated heterocycles. The van der Waals surface area contributed by atoms with E-state index in [1.807, 2.05) is 23.6 Å². The first-order valence-electron chi connectivity index (χ1n) is 6.91. The predicted octanol–water partition coefficient (Wildman–Crippen LogP) is 1.59. The highest BCUT2D eigenvalue weighted by molar-refractivity contribution is 8.00. The number of nitrogens with zero attached hydrogens (tertiary/aromatic N) is 2. The highest BCUT2D eigenvalue weighted by Gasteiger charge is 2.39. The molecule has 0 aromatic carbocycles. The number of likely N-dealkylation sites (tertiary alicyclic amines) is 1. The van der Waals surface area contributed by atoms with Crippen LogP contribution in [0.5, 0.6) is 0 Å². The molecule has 0 aromatic rings. The molecule has 2 fully saturated rings. The summed E-state index contributed by atoms with van der Waals surface area (Å²) in [6.45, 7) is 6.55. The van der Waals surface area contributed by atoms with Gasteiger partial charge in [-0.05, 0) is 12.3 Å². The molecule has 5 nitrogen and oxygen atoms in total. The summed E-state index contributed by atoms with van der Waals surface area (Å²) in [5.41, 5.74) is 0. The van der Waals surface area contributed by atoms with Crippen molar-refractivity contribution >= 4 is 23.8 Å². The maximum Gasteiger partial charge on any atom is 0.320 e. The third kappa shape index (κ3) is 3.16. The number of carbonyl (C=O) groups is 2. The van der Waals surface area contributed by atoms with Crippen molar-refractivity contribution in [1.82, 2.24) is 9.80 Å². The maximum absolute atomic E-state index is 12.4. The fourth-order valence-corrected chi connectivity index (χ4v) is 3.96. The van der Waals surface area contributed by atoms with Gasteiger partial charge in [0.15, 0.2) is 0 Å². The third-order valence-corrected chi connectivity index (χ3v) is 5.44. The molecule has 2 rings (SSSR count). The summed E-state index contributed by atoms with van der Waals surface area (Å²) >= 11 is 1.93. The Morgan fingerprint density at radius 1 is 1.26 bits per heavy atom. The minimum atomic E-state index is -0.788. The molecule has 3 unspecified atom stereocenters. The van der Waals surface area contributed by atoms with Gasteiger partial charge in [0.1, 0.15) is 0 Å². The average Bonchev–Trinajstić information content (AvgIpc) is 2.80. The Morgan fingerprint density at radius 2 is 2.00 bits per heavy atom. The third-order valence-electron chi connectivity index (χ3n) is 4.06. The summed E-state index contributed by atoms with van der Waals surface area (Å²) in [5, 5.41) is 9.64. The number of carboxylic acids is 1. The molecule has 0 saturated carbocycles. The monoisotopic (exact) mass is 286 g/mol. The van der Waals surface area contributed by atoms with E-state index in [4.69, 9.17) is 5.11 Å². The van der Waals surface area contributed by atoms with Gasteiger partial charge in [0.05, 0.1) is 5.92 Å². The van der Waals surface area contributed by atoms with Gasteiger partial charge >= 0.3 is 12.0 Å².